The fourth-order valence-corrected chi connectivity index (χ4v) is 4.69. The van der Waals surface area contributed by atoms with Gasteiger partial charge < -0.3 is 9.79 Å². The fourth-order valence-electron chi connectivity index (χ4n) is 2.37. The molecule has 0 amide bonds. The van der Waals surface area contributed by atoms with E-state index in [0.29, 0.717) is 17.8 Å². The van der Waals surface area contributed by atoms with E-state index < -0.39 is 69.6 Å². The molecule has 3 nitrogen and oxygen atoms in total. The van der Waals surface area contributed by atoms with E-state index >= 15 is 0 Å². The second kappa shape index (κ2) is 8.97. The van der Waals surface area contributed by atoms with E-state index in [2.05, 4.69) is 15.9 Å². The van der Waals surface area contributed by atoms with E-state index in [0.717, 1.165) is 12.1 Å². The van der Waals surface area contributed by atoms with Gasteiger partial charge in [0.1, 0.15) is 5.56 Å². The van der Waals surface area contributed by atoms with Crippen LogP contribution in [0.2, 0.25) is 0 Å². The predicted molar refractivity (Wildman–Crippen MR) is 96.4 cm³/mol. The van der Waals surface area contributed by atoms with Gasteiger partial charge in [-0.05, 0) is 11.6 Å². The molecule has 0 atom stereocenters. The summed E-state index contributed by atoms with van der Waals surface area (Å²) < 4.78 is 131. The summed E-state index contributed by atoms with van der Waals surface area (Å²) in [5, 5.41) is 0. The topological polar surface area (TPSA) is 57.5 Å². The Morgan fingerprint density at radius 2 is 1.42 bits per heavy atom. The van der Waals surface area contributed by atoms with Crippen molar-refractivity contribution in [2.75, 3.05) is 0 Å². The number of alkyl halides is 5. The van der Waals surface area contributed by atoms with Gasteiger partial charge in [-0.1, -0.05) is 28.1 Å². The Balaban J connectivity index is 2.24. The van der Waals surface area contributed by atoms with Gasteiger partial charge in [-0.15, -0.1) is 0 Å². The lowest BCUT2D eigenvalue weighted by Gasteiger charge is -2.19. The van der Waals surface area contributed by atoms with Crippen molar-refractivity contribution in [2.45, 2.75) is 23.3 Å². The van der Waals surface area contributed by atoms with Crippen molar-refractivity contribution in [3.63, 3.8) is 0 Å². The molecule has 0 saturated heterocycles. The van der Waals surface area contributed by atoms with Crippen LogP contribution < -0.4 is 0 Å². The Morgan fingerprint density at radius 3 is 1.84 bits per heavy atom. The van der Waals surface area contributed by atoms with E-state index in [1.807, 2.05) is 0 Å². The Bertz CT molecular complexity index is 1030. The molecule has 31 heavy (non-hydrogen) atoms. The van der Waals surface area contributed by atoms with Crippen LogP contribution in [0.5, 0.6) is 0 Å². The van der Waals surface area contributed by atoms with E-state index in [-0.39, 0.29) is 11.3 Å². The highest BCUT2D eigenvalue weighted by atomic mass is 79.9. The van der Waals surface area contributed by atoms with Gasteiger partial charge in [0.2, 0.25) is 0 Å². The highest BCUT2D eigenvalue weighted by molar-refractivity contribution is 9.10. The minimum atomic E-state index is -5.83. The molecule has 0 saturated carbocycles. The average molecular weight is 563 g/mol. The number of hydrogen-bond acceptors (Lipinski definition) is 2. The molecule has 0 spiro atoms. The Morgan fingerprint density at radius 1 is 0.903 bits per heavy atom. The lowest BCUT2D eigenvalue weighted by Crippen LogP contribution is -2.17. The standard InChI is InChI=1S/C16H9BrF9O3PS/c17-9-3-6(1-2-8(9)16(25,26)30(27,28)29)4-31-5-7-11(18)13(20)10(15(22,23)24)14(21)12(7)19/h1-3H,4-5H2,(H2,27,28,29). The second-order valence-corrected chi connectivity index (χ2v) is 9.49. The van der Waals surface area contributed by atoms with Crippen LogP contribution in [0.25, 0.3) is 0 Å². The van der Waals surface area contributed by atoms with Gasteiger partial charge in [-0.25, -0.2) is 17.6 Å². The van der Waals surface area contributed by atoms with Crippen molar-refractivity contribution < 1.29 is 53.9 Å². The van der Waals surface area contributed by atoms with Gasteiger partial charge in [0.25, 0.3) is 0 Å². The fraction of sp³-hybridized carbons (Fsp3) is 0.250. The molecule has 0 aliphatic heterocycles. The average Bonchev–Trinajstić information content (AvgIpc) is 2.60. The maximum Gasteiger partial charge on any atom is 0.422 e. The highest BCUT2D eigenvalue weighted by Gasteiger charge is 2.51. The van der Waals surface area contributed by atoms with Crippen molar-refractivity contribution in [3.05, 3.63) is 68.2 Å². The molecule has 0 heterocycles. The lowest BCUT2D eigenvalue weighted by molar-refractivity contribution is -0.143. The molecule has 2 aromatic carbocycles. The minimum Gasteiger partial charge on any atom is -0.320 e. The van der Waals surface area contributed by atoms with Crippen molar-refractivity contribution in [3.8, 4) is 0 Å². The van der Waals surface area contributed by atoms with Gasteiger partial charge >= 0.3 is 19.4 Å². The van der Waals surface area contributed by atoms with E-state index in [1.165, 1.54) is 0 Å². The first-order chi connectivity index (χ1) is 14.0. The molecular weight excluding hydrogens is 554 g/mol. The van der Waals surface area contributed by atoms with Crippen molar-refractivity contribution >= 4 is 35.3 Å². The van der Waals surface area contributed by atoms with Crippen LogP contribution in [0.15, 0.2) is 22.7 Å². The van der Waals surface area contributed by atoms with Crippen LogP contribution in [0.1, 0.15) is 22.3 Å². The van der Waals surface area contributed by atoms with Crippen LogP contribution in [0, 0.1) is 23.3 Å². The molecular formula is C16H9BrF9O3PS. The van der Waals surface area contributed by atoms with Gasteiger partial charge in [0.05, 0.1) is 0 Å². The predicted octanol–water partition coefficient (Wildman–Crippen LogP) is 6.68. The van der Waals surface area contributed by atoms with Gasteiger partial charge in [0, 0.05) is 27.1 Å². The molecule has 2 aromatic rings. The molecule has 0 unspecified atom stereocenters. The summed E-state index contributed by atoms with van der Waals surface area (Å²) in [7, 11) is -5.83. The Kier molecular flexibility index (Phi) is 7.54. The first-order valence-corrected chi connectivity index (χ1v) is 11.3. The second-order valence-electron chi connectivity index (χ2n) is 6.00. The smallest absolute Gasteiger partial charge is 0.320 e. The summed E-state index contributed by atoms with van der Waals surface area (Å²) in [6.07, 6.45) is -5.66. The number of hydrogen-bond donors (Lipinski definition) is 2. The van der Waals surface area contributed by atoms with Gasteiger partial charge in [-0.2, -0.15) is 33.7 Å². The van der Waals surface area contributed by atoms with Crippen LogP contribution in [-0.2, 0) is 27.9 Å². The summed E-state index contributed by atoms with van der Waals surface area (Å²) in [5.41, 5.74) is -9.31. The third kappa shape index (κ3) is 5.24. The van der Waals surface area contributed by atoms with Crippen molar-refractivity contribution in [2.24, 2.45) is 0 Å². The molecule has 2 rings (SSSR count). The van der Waals surface area contributed by atoms with Crippen molar-refractivity contribution in [1.82, 2.24) is 0 Å². The number of thioether (sulfide) groups is 1. The number of rotatable bonds is 6. The zero-order valence-electron chi connectivity index (χ0n) is 14.6. The lowest BCUT2D eigenvalue weighted by atomic mass is 10.1. The molecule has 0 radical (unpaired) electrons. The summed E-state index contributed by atoms with van der Waals surface area (Å²) >= 11 is 3.31. The van der Waals surface area contributed by atoms with Crippen LogP contribution in [0.3, 0.4) is 0 Å². The molecule has 2 N–H and O–H groups in total. The largest absolute Gasteiger partial charge is 0.422 e. The van der Waals surface area contributed by atoms with Gasteiger partial charge in [0.15, 0.2) is 23.3 Å². The first-order valence-electron chi connectivity index (χ1n) is 7.72. The van der Waals surface area contributed by atoms with E-state index in [9.17, 15) is 44.1 Å². The molecule has 172 valence electrons. The monoisotopic (exact) mass is 562 g/mol. The van der Waals surface area contributed by atoms with Crippen LogP contribution in [-0.4, -0.2) is 9.79 Å². The quantitative estimate of drug-likeness (QED) is 0.234. The van der Waals surface area contributed by atoms with E-state index in [4.69, 9.17) is 9.79 Å². The SMILES string of the molecule is O=P(O)(O)C(F)(F)c1ccc(CSCc2c(F)c(F)c(C(F)(F)F)c(F)c2F)cc1Br. The molecule has 0 aliphatic rings. The molecule has 0 aliphatic carbocycles. The highest BCUT2D eigenvalue weighted by Crippen LogP contribution is 2.60. The minimum absolute atomic E-state index is 0.191. The van der Waals surface area contributed by atoms with Crippen LogP contribution in [0.4, 0.5) is 39.5 Å². The maximum absolute atomic E-state index is 13.9. The number of benzene rings is 2. The van der Waals surface area contributed by atoms with Crippen molar-refractivity contribution in [1.29, 1.82) is 0 Å². The Hall–Kier alpha value is -1.21. The molecule has 0 fully saturated rings. The van der Waals surface area contributed by atoms with Crippen LogP contribution >= 0.6 is 35.3 Å². The third-order valence-electron chi connectivity index (χ3n) is 3.88. The zero-order valence-corrected chi connectivity index (χ0v) is 17.9. The zero-order chi connectivity index (χ0) is 23.9. The normalized spacial score (nSPS) is 13.0. The summed E-state index contributed by atoms with van der Waals surface area (Å²) in [5.74, 6) is -10.6. The Labute approximate surface area is 180 Å². The maximum atomic E-state index is 13.9. The number of halogens is 10. The molecule has 15 heteroatoms. The molecule has 0 aromatic heterocycles. The van der Waals surface area contributed by atoms with E-state index in [1.54, 1.807) is 0 Å². The third-order valence-corrected chi connectivity index (χ3v) is 6.54. The summed E-state index contributed by atoms with van der Waals surface area (Å²) in [6.45, 7) is 0. The summed E-state index contributed by atoms with van der Waals surface area (Å²) in [4.78, 5) is 17.5. The van der Waals surface area contributed by atoms with Gasteiger partial charge in [-0.3, -0.25) is 4.57 Å². The molecule has 0 bridgehead atoms. The summed E-state index contributed by atoms with van der Waals surface area (Å²) in [6, 6.07) is 2.72. The first kappa shape index (κ1) is 26.0.